The normalized spacial score (nSPS) is 12.6. The lowest BCUT2D eigenvalue weighted by atomic mass is 9.84. The van der Waals surface area contributed by atoms with Gasteiger partial charge in [0.05, 0.1) is 17.2 Å². The molecule has 0 saturated heterocycles. The minimum atomic E-state index is -0.510. The number of carbonyl (C=O) groups excluding carboxylic acids is 1. The van der Waals surface area contributed by atoms with Crippen molar-refractivity contribution in [3.05, 3.63) is 29.6 Å². The molecule has 0 bridgehead atoms. The van der Waals surface area contributed by atoms with Crippen LogP contribution in [0.2, 0.25) is 0 Å². The van der Waals surface area contributed by atoms with Crippen LogP contribution in [0.1, 0.15) is 32.8 Å². The fourth-order valence-electron chi connectivity index (χ4n) is 1.98. The van der Waals surface area contributed by atoms with Crippen molar-refractivity contribution < 1.29 is 9.18 Å². The maximum absolute atomic E-state index is 13.0. The number of nitrogens with zero attached hydrogens (tertiary/aromatic N) is 1. The number of hydrogen-bond donors (Lipinski definition) is 2. The molecular formula is C15H20FN3O. The molecule has 0 aliphatic heterocycles. The summed E-state index contributed by atoms with van der Waals surface area (Å²) < 4.78 is 13.0. The summed E-state index contributed by atoms with van der Waals surface area (Å²) in [7, 11) is 0. The van der Waals surface area contributed by atoms with Gasteiger partial charge in [0.25, 0.3) is 0 Å². The van der Waals surface area contributed by atoms with Crippen molar-refractivity contribution in [1.29, 1.82) is 5.26 Å². The van der Waals surface area contributed by atoms with Crippen LogP contribution < -0.4 is 11.1 Å². The molecule has 1 atom stereocenters. The molecule has 1 rings (SSSR count). The van der Waals surface area contributed by atoms with Crippen molar-refractivity contribution in [2.45, 2.75) is 27.2 Å². The standard InChI is InChI=1S/C15H20FN3O/c1-15(2,3)7-11(9-18)14(20)19-13-5-4-12(16)6-10(13)8-17/h4-6,11H,7,9,18H2,1-3H3,(H,19,20). The number of anilines is 1. The van der Waals surface area contributed by atoms with Crippen LogP contribution in [-0.2, 0) is 4.79 Å². The molecule has 0 spiro atoms. The van der Waals surface area contributed by atoms with E-state index in [2.05, 4.69) is 5.32 Å². The Morgan fingerprint density at radius 3 is 2.65 bits per heavy atom. The van der Waals surface area contributed by atoms with Crippen molar-refractivity contribution in [3.8, 4) is 6.07 Å². The molecule has 4 nitrogen and oxygen atoms in total. The quantitative estimate of drug-likeness (QED) is 0.888. The van der Waals surface area contributed by atoms with Gasteiger partial charge in [-0.3, -0.25) is 4.79 Å². The predicted octanol–water partition coefficient (Wildman–Crippen LogP) is 2.65. The first-order valence-corrected chi connectivity index (χ1v) is 6.47. The van der Waals surface area contributed by atoms with E-state index in [4.69, 9.17) is 11.0 Å². The summed E-state index contributed by atoms with van der Waals surface area (Å²) in [6.45, 7) is 6.32. The number of hydrogen-bond acceptors (Lipinski definition) is 3. The Balaban J connectivity index is 2.87. The van der Waals surface area contributed by atoms with Gasteiger partial charge in [-0.05, 0) is 30.0 Å². The smallest absolute Gasteiger partial charge is 0.228 e. The second-order valence-electron chi connectivity index (χ2n) is 5.99. The van der Waals surface area contributed by atoms with Gasteiger partial charge in [-0.2, -0.15) is 5.26 Å². The molecule has 108 valence electrons. The Morgan fingerprint density at radius 2 is 2.15 bits per heavy atom. The zero-order valence-corrected chi connectivity index (χ0v) is 12.0. The van der Waals surface area contributed by atoms with Crippen LogP contribution >= 0.6 is 0 Å². The molecule has 5 heteroatoms. The number of nitrogens with one attached hydrogen (secondary N) is 1. The fraction of sp³-hybridized carbons (Fsp3) is 0.467. The van der Waals surface area contributed by atoms with Crippen LogP contribution in [0.5, 0.6) is 0 Å². The first-order valence-electron chi connectivity index (χ1n) is 6.47. The molecule has 20 heavy (non-hydrogen) atoms. The number of rotatable bonds is 4. The molecule has 1 aromatic rings. The summed E-state index contributed by atoms with van der Waals surface area (Å²) in [4.78, 5) is 12.2. The van der Waals surface area contributed by atoms with Crippen LogP contribution in [0, 0.1) is 28.5 Å². The van der Waals surface area contributed by atoms with E-state index in [-0.39, 0.29) is 29.3 Å². The minimum Gasteiger partial charge on any atom is -0.330 e. The highest BCUT2D eigenvalue weighted by atomic mass is 19.1. The SMILES string of the molecule is CC(C)(C)CC(CN)C(=O)Nc1ccc(F)cc1C#N. The lowest BCUT2D eigenvalue weighted by Crippen LogP contribution is -2.32. The Hall–Kier alpha value is -1.93. The molecule has 3 N–H and O–H groups in total. The summed E-state index contributed by atoms with van der Waals surface area (Å²) >= 11 is 0. The molecule has 0 heterocycles. The number of carbonyl (C=O) groups is 1. The lowest BCUT2D eigenvalue weighted by Gasteiger charge is -2.24. The van der Waals surface area contributed by atoms with E-state index >= 15 is 0 Å². The van der Waals surface area contributed by atoms with Crippen LogP contribution in [0.15, 0.2) is 18.2 Å². The van der Waals surface area contributed by atoms with Crippen molar-refractivity contribution >= 4 is 11.6 Å². The second-order valence-corrected chi connectivity index (χ2v) is 5.99. The average molecular weight is 277 g/mol. The van der Waals surface area contributed by atoms with Gasteiger partial charge in [0.2, 0.25) is 5.91 Å². The highest BCUT2D eigenvalue weighted by molar-refractivity contribution is 5.94. The van der Waals surface area contributed by atoms with Gasteiger partial charge >= 0.3 is 0 Å². The van der Waals surface area contributed by atoms with E-state index in [1.807, 2.05) is 26.8 Å². The van der Waals surface area contributed by atoms with Crippen LogP contribution in [-0.4, -0.2) is 12.5 Å². The first kappa shape index (κ1) is 16.1. The highest BCUT2D eigenvalue weighted by Gasteiger charge is 2.24. The molecule has 0 aromatic heterocycles. The Bertz CT molecular complexity index is 529. The molecule has 0 aliphatic carbocycles. The molecule has 1 aromatic carbocycles. The number of nitriles is 1. The predicted molar refractivity (Wildman–Crippen MR) is 76.4 cm³/mol. The van der Waals surface area contributed by atoms with Gasteiger partial charge in [0, 0.05) is 6.54 Å². The number of nitrogens with two attached hydrogens (primary N) is 1. The number of halogens is 1. The molecule has 0 saturated carbocycles. The Morgan fingerprint density at radius 1 is 1.50 bits per heavy atom. The summed E-state index contributed by atoms with van der Waals surface area (Å²) in [6.07, 6.45) is 0.637. The van der Waals surface area contributed by atoms with E-state index in [0.29, 0.717) is 12.1 Å². The topological polar surface area (TPSA) is 78.9 Å². The monoisotopic (exact) mass is 277 g/mol. The molecular weight excluding hydrogens is 257 g/mol. The van der Waals surface area contributed by atoms with Crippen molar-refractivity contribution in [2.24, 2.45) is 17.1 Å². The summed E-state index contributed by atoms with van der Waals surface area (Å²) in [6, 6.07) is 5.55. The van der Waals surface area contributed by atoms with E-state index in [9.17, 15) is 9.18 Å². The van der Waals surface area contributed by atoms with Crippen LogP contribution in [0.3, 0.4) is 0 Å². The van der Waals surface area contributed by atoms with E-state index in [1.54, 1.807) is 0 Å². The molecule has 1 amide bonds. The van der Waals surface area contributed by atoms with Crippen molar-refractivity contribution in [1.82, 2.24) is 0 Å². The maximum atomic E-state index is 13.0. The molecule has 1 unspecified atom stereocenters. The Kier molecular flexibility index (Phi) is 5.23. The van der Waals surface area contributed by atoms with E-state index < -0.39 is 5.82 Å². The van der Waals surface area contributed by atoms with Crippen LogP contribution in [0.25, 0.3) is 0 Å². The number of amides is 1. The molecule has 0 aliphatic rings. The van der Waals surface area contributed by atoms with Crippen LogP contribution in [0.4, 0.5) is 10.1 Å². The van der Waals surface area contributed by atoms with Gasteiger partial charge in [-0.1, -0.05) is 20.8 Å². The highest BCUT2D eigenvalue weighted by Crippen LogP contribution is 2.25. The molecule has 0 fully saturated rings. The van der Waals surface area contributed by atoms with Crippen molar-refractivity contribution in [3.63, 3.8) is 0 Å². The fourth-order valence-corrected chi connectivity index (χ4v) is 1.98. The average Bonchev–Trinajstić information content (AvgIpc) is 2.36. The van der Waals surface area contributed by atoms with E-state index in [0.717, 1.165) is 6.07 Å². The second kappa shape index (κ2) is 6.49. The third kappa shape index (κ3) is 4.63. The zero-order valence-electron chi connectivity index (χ0n) is 12.0. The number of benzene rings is 1. The van der Waals surface area contributed by atoms with Gasteiger partial charge in [-0.25, -0.2) is 4.39 Å². The van der Waals surface area contributed by atoms with Crippen molar-refractivity contribution in [2.75, 3.05) is 11.9 Å². The van der Waals surface area contributed by atoms with Gasteiger partial charge in [0.1, 0.15) is 11.9 Å². The lowest BCUT2D eigenvalue weighted by molar-refractivity contribution is -0.120. The maximum Gasteiger partial charge on any atom is 0.228 e. The third-order valence-electron chi connectivity index (χ3n) is 2.87. The van der Waals surface area contributed by atoms with Gasteiger partial charge in [-0.15, -0.1) is 0 Å². The van der Waals surface area contributed by atoms with E-state index in [1.165, 1.54) is 12.1 Å². The summed E-state index contributed by atoms with van der Waals surface area (Å²) in [5, 5.41) is 11.6. The minimum absolute atomic E-state index is 0.0256. The van der Waals surface area contributed by atoms with Gasteiger partial charge < -0.3 is 11.1 Å². The Labute approximate surface area is 118 Å². The molecule has 0 radical (unpaired) electrons. The first-order chi connectivity index (χ1) is 9.26. The largest absolute Gasteiger partial charge is 0.330 e. The zero-order chi connectivity index (χ0) is 15.3. The van der Waals surface area contributed by atoms with Gasteiger partial charge in [0.15, 0.2) is 0 Å². The summed E-state index contributed by atoms with van der Waals surface area (Å²) in [5.41, 5.74) is 6.03. The summed E-state index contributed by atoms with van der Waals surface area (Å²) in [5.74, 6) is -1.10. The third-order valence-corrected chi connectivity index (χ3v) is 2.87.